The van der Waals surface area contributed by atoms with Crippen LogP contribution in [0, 0.1) is 6.92 Å². The number of nitrogens with two attached hydrogens (primary N) is 1. The lowest BCUT2D eigenvalue weighted by Crippen LogP contribution is -2.17. The normalized spacial score (nSPS) is 11.7. The predicted octanol–water partition coefficient (Wildman–Crippen LogP) is 0.0652. The topological polar surface area (TPSA) is 102 Å². The maximum absolute atomic E-state index is 8.58. The van der Waals surface area contributed by atoms with Crippen molar-refractivity contribution in [3.63, 3.8) is 0 Å². The SMILES string of the molecule is Cc1cc(/C(N)=N/O)nc(-n2cccn2)n1. The maximum Gasteiger partial charge on any atom is 0.251 e. The fraction of sp³-hybridized carbons (Fsp3) is 0.111. The molecule has 0 spiro atoms. The first-order valence-corrected chi connectivity index (χ1v) is 4.54. The quantitative estimate of drug-likeness (QED) is 0.321. The smallest absolute Gasteiger partial charge is 0.251 e. The first kappa shape index (κ1) is 10.1. The second-order valence-electron chi connectivity index (χ2n) is 3.13. The first-order valence-electron chi connectivity index (χ1n) is 4.54. The summed E-state index contributed by atoms with van der Waals surface area (Å²) in [4.78, 5) is 8.31. The van der Waals surface area contributed by atoms with Crippen LogP contribution in [-0.2, 0) is 0 Å². The van der Waals surface area contributed by atoms with Gasteiger partial charge in [0.05, 0.1) is 0 Å². The van der Waals surface area contributed by atoms with Gasteiger partial charge >= 0.3 is 0 Å². The van der Waals surface area contributed by atoms with Crippen molar-refractivity contribution in [1.29, 1.82) is 0 Å². The highest BCUT2D eigenvalue weighted by Gasteiger charge is 2.07. The van der Waals surface area contributed by atoms with Gasteiger partial charge in [0.2, 0.25) is 0 Å². The van der Waals surface area contributed by atoms with Gasteiger partial charge in [-0.2, -0.15) is 5.10 Å². The summed E-state index contributed by atoms with van der Waals surface area (Å²) in [5.41, 5.74) is 6.54. The van der Waals surface area contributed by atoms with E-state index < -0.39 is 0 Å². The molecule has 2 aromatic heterocycles. The molecule has 0 unspecified atom stereocenters. The molecule has 2 rings (SSSR count). The van der Waals surface area contributed by atoms with E-state index in [1.54, 1.807) is 31.5 Å². The molecule has 0 amide bonds. The third-order valence-electron chi connectivity index (χ3n) is 1.92. The maximum atomic E-state index is 8.58. The van der Waals surface area contributed by atoms with E-state index in [1.165, 1.54) is 4.68 Å². The van der Waals surface area contributed by atoms with Crippen LogP contribution in [0.5, 0.6) is 0 Å². The molecule has 0 saturated heterocycles. The number of oxime groups is 1. The third kappa shape index (κ3) is 1.83. The molecule has 7 nitrogen and oxygen atoms in total. The van der Waals surface area contributed by atoms with Crippen LogP contribution in [0.3, 0.4) is 0 Å². The Morgan fingerprint density at radius 3 is 2.94 bits per heavy atom. The van der Waals surface area contributed by atoms with Crippen LogP contribution in [0.2, 0.25) is 0 Å². The number of aromatic nitrogens is 4. The summed E-state index contributed by atoms with van der Waals surface area (Å²) in [5, 5.41) is 15.5. The lowest BCUT2D eigenvalue weighted by Gasteiger charge is -2.04. The molecule has 0 bridgehead atoms. The van der Waals surface area contributed by atoms with Gasteiger partial charge in [-0.25, -0.2) is 14.6 Å². The number of aryl methyl sites for hydroxylation is 1. The zero-order valence-corrected chi connectivity index (χ0v) is 8.57. The Labute approximate surface area is 91.2 Å². The molecule has 0 saturated carbocycles. The molecule has 0 atom stereocenters. The zero-order chi connectivity index (χ0) is 11.5. The Morgan fingerprint density at radius 2 is 2.31 bits per heavy atom. The molecule has 3 N–H and O–H groups in total. The van der Waals surface area contributed by atoms with Crippen LogP contribution < -0.4 is 5.73 Å². The highest BCUT2D eigenvalue weighted by Crippen LogP contribution is 2.04. The Morgan fingerprint density at radius 1 is 1.50 bits per heavy atom. The standard InChI is InChI=1S/C9H10N6O/c1-6-5-7(8(10)14-16)13-9(12-6)15-4-2-3-11-15/h2-5,16H,1H3,(H2,10,14). The summed E-state index contributed by atoms with van der Waals surface area (Å²) in [7, 11) is 0. The van der Waals surface area contributed by atoms with Crippen molar-refractivity contribution >= 4 is 5.84 Å². The van der Waals surface area contributed by atoms with Crippen molar-refractivity contribution in [2.45, 2.75) is 6.92 Å². The molecule has 0 aliphatic carbocycles. The average Bonchev–Trinajstić information content (AvgIpc) is 2.80. The van der Waals surface area contributed by atoms with Crippen molar-refractivity contribution < 1.29 is 5.21 Å². The van der Waals surface area contributed by atoms with Gasteiger partial charge in [-0.1, -0.05) is 5.16 Å². The molecule has 0 aromatic carbocycles. The fourth-order valence-corrected chi connectivity index (χ4v) is 1.22. The summed E-state index contributed by atoms with van der Waals surface area (Å²) in [6, 6.07) is 3.39. The monoisotopic (exact) mass is 218 g/mol. The van der Waals surface area contributed by atoms with Crippen LogP contribution in [0.1, 0.15) is 11.4 Å². The van der Waals surface area contributed by atoms with E-state index in [9.17, 15) is 0 Å². The molecule has 2 heterocycles. The summed E-state index contributed by atoms with van der Waals surface area (Å²) in [6.07, 6.45) is 3.33. The van der Waals surface area contributed by atoms with Crippen molar-refractivity contribution in [3.8, 4) is 5.95 Å². The Hall–Kier alpha value is -2.44. The Kier molecular flexibility index (Phi) is 2.50. The van der Waals surface area contributed by atoms with Crippen molar-refractivity contribution in [3.05, 3.63) is 35.9 Å². The highest BCUT2D eigenvalue weighted by atomic mass is 16.4. The van der Waals surface area contributed by atoms with Crippen LogP contribution >= 0.6 is 0 Å². The summed E-state index contributed by atoms with van der Waals surface area (Å²) in [6.45, 7) is 1.79. The molecule has 0 radical (unpaired) electrons. The van der Waals surface area contributed by atoms with Gasteiger partial charge in [-0.05, 0) is 19.1 Å². The van der Waals surface area contributed by atoms with Crippen molar-refractivity contribution in [2.24, 2.45) is 10.9 Å². The van der Waals surface area contributed by atoms with Crippen LogP contribution in [0.25, 0.3) is 5.95 Å². The second kappa shape index (κ2) is 3.97. The van der Waals surface area contributed by atoms with Gasteiger partial charge in [0.25, 0.3) is 5.95 Å². The zero-order valence-electron chi connectivity index (χ0n) is 8.57. The summed E-state index contributed by atoms with van der Waals surface area (Å²) in [5.74, 6) is 0.325. The average molecular weight is 218 g/mol. The molecule has 2 aromatic rings. The van der Waals surface area contributed by atoms with E-state index in [0.717, 1.165) is 0 Å². The summed E-state index contributed by atoms with van der Waals surface area (Å²) < 4.78 is 1.50. The number of hydrogen-bond acceptors (Lipinski definition) is 5. The molecule has 16 heavy (non-hydrogen) atoms. The van der Waals surface area contributed by atoms with Crippen molar-refractivity contribution in [2.75, 3.05) is 0 Å². The number of hydrogen-bond donors (Lipinski definition) is 2. The van der Waals surface area contributed by atoms with Gasteiger partial charge in [0.1, 0.15) is 5.69 Å². The van der Waals surface area contributed by atoms with Crippen LogP contribution in [0.15, 0.2) is 29.7 Å². The van der Waals surface area contributed by atoms with Gasteiger partial charge < -0.3 is 10.9 Å². The number of nitrogens with zero attached hydrogens (tertiary/aromatic N) is 5. The minimum Gasteiger partial charge on any atom is -0.409 e. The first-order chi connectivity index (χ1) is 7.70. The van der Waals surface area contributed by atoms with E-state index in [4.69, 9.17) is 10.9 Å². The minimum atomic E-state index is -0.0566. The highest BCUT2D eigenvalue weighted by molar-refractivity contribution is 5.95. The lowest BCUT2D eigenvalue weighted by molar-refractivity contribution is 0.318. The fourth-order valence-electron chi connectivity index (χ4n) is 1.22. The molecule has 0 fully saturated rings. The van der Waals surface area contributed by atoms with E-state index in [2.05, 4.69) is 20.2 Å². The predicted molar refractivity (Wildman–Crippen MR) is 56.4 cm³/mol. The van der Waals surface area contributed by atoms with Gasteiger partial charge in [0, 0.05) is 18.1 Å². The molecule has 0 aliphatic rings. The molecular weight excluding hydrogens is 208 g/mol. The number of rotatable bonds is 2. The molecule has 82 valence electrons. The van der Waals surface area contributed by atoms with E-state index in [-0.39, 0.29) is 5.84 Å². The van der Waals surface area contributed by atoms with E-state index in [0.29, 0.717) is 17.3 Å². The van der Waals surface area contributed by atoms with Gasteiger partial charge in [0.15, 0.2) is 5.84 Å². The van der Waals surface area contributed by atoms with Crippen LogP contribution in [0.4, 0.5) is 0 Å². The van der Waals surface area contributed by atoms with Gasteiger partial charge in [-0.15, -0.1) is 0 Å². The summed E-state index contributed by atoms with van der Waals surface area (Å²) >= 11 is 0. The Balaban J connectivity index is 2.52. The van der Waals surface area contributed by atoms with Gasteiger partial charge in [-0.3, -0.25) is 0 Å². The molecule has 7 heteroatoms. The van der Waals surface area contributed by atoms with Crippen LogP contribution in [-0.4, -0.2) is 30.8 Å². The Bertz CT molecular complexity index is 519. The minimum absolute atomic E-state index is 0.0566. The molecule has 0 aliphatic heterocycles. The number of amidine groups is 1. The van der Waals surface area contributed by atoms with E-state index in [1.807, 2.05) is 0 Å². The van der Waals surface area contributed by atoms with Crippen molar-refractivity contribution in [1.82, 2.24) is 19.7 Å². The third-order valence-corrected chi connectivity index (χ3v) is 1.92. The second-order valence-corrected chi connectivity index (χ2v) is 3.13. The molecular formula is C9H10N6O. The van der Waals surface area contributed by atoms with E-state index >= 15 is 0 Å². The lowest BCUT2D eigenvalue weighted by atomic mass is 10.3. The largest absolute Gasteiger partial charge is 0.409 e.